The number of hydrogen-bond acceptors (Lipinski definition) is 7. The molecule has 0 unspecified atom stereocenters. The number of aromatic nitrogens is 3. The Hall–Kier alpha value is -3.35. The highest BCUT2D eigenvalue weighted by Gasteiger charge is 2.03. The molecule has 128 valence electrons. The minimum absolute atomic E-state index is 0.417. The summed E-state index contributed by atoms with van der Waals surface area (Å²) in [7, 11) is 5.65. The van der Waals surface area contributed by atoms with Gasteiger partial charge >= 0.3 is 0 Å². The predicted octanol–water partition coefficient (Wildman–Crippen LogP) is 3.43. The molecule has 3 aromatic rings. The molecule has 0 atom stereocenters. The van der Waals surface area contributed by atoms with E-state index in [1.54, 1.807) is 13.3 Å². The van der Waals surface area contributed by atoms with Gasteiger partial charge in [0, 0.05) is 31.2 Å². The normalized spacial score (nSPS) is 10.2. The molecule has 0 spiro atoms. The van der Waals surface area contributed by atoms with Gasteiger partial charge < -0.3 is 20.3 Å². The number of nitrogens with zero attached hydrogens (tertiary/aromatic N) is 4. The molecule has 25 heavy (non-hydrogen) atoms. The molecular weight excluding hydrogens is 316 g/mol. The third-order valence-corrected chi connectivity index (χ3v) is 3.56. The van der Waals surface area contributed by atoms with Crippen molar-refractivity contribution in [3.05, 3.63) is 54.7 Å². The fourth-order valence-corrected chi connectivity index (χ4v) is 2.21. The van der Waals surface area contributed by atoms with Gasteiger partial charge in [0.05, 0.1) is 13.3 Å². The van der Waals surface area contributed by atoms with E-state index in [1.807, 2.05) is 67.5 Å². The molecule has 0 radical (unpaired) electrons. The smallest absolute Gasteiger partial charge is 0.249 e. The van der Waals surface area contributed by atoms with Crippen molar-refractivity contribution in [2.75, 3.05) is 36.7 Å². The second-order valence-corrected chi connectivity index (χ2v) is 5.59. The third kappa shape index (κ3) is 4.35. The minimum atomic E-state index is 0.417. The quantitative estimate of drug-likeness (QED) is 0.714. The van der Waals surface area contributed by atoms with E-state index in [0.717, 1.165) is 22.8 Å². The summed E-state index contributed by atoms with van der Waals surface area (Å²) < 4.78 is 5.14. The molecule has 2 N–H and O–H groups in total. The standard InChI is InChI=1S/C18H20N6O/c1-24(2)15-8-4-13(5-9-15)20-17-12-19-23-18(22-17)21-14-6-10-16(25-3)11-7-14/h4-12H,1-3H3,(H2,20,21,22,23). The fraction of sp³-hybridized carbons (Fsp3) is 0.167. The molecule has 2 aromatic carbocycles. The summed E-state index contributed by atoms with van der Waals surface area (Å²) in [5.41, 5.74) is 2.92. The maximum Gasteiger partial charge on any atom is 0.249 e. The number of anilines is 5. The molecule has 0 saturated carbocycles. The largest absolute Gasteiger partial charge is 0.497 e. The van der Waals surface area contributed by atoms with Crippen LogP contribution in [0.1, 0.15) is 0 Å². The van der Waals surface area contributed by atoms with Crippen molar-refractivity contribution in [1.29, 1.82) is 0 Å². The van der Waals surface area contributed by atoms with Crippen LogP contribution in [0.2, 0.25) is 0 Å². The fourth-order valence-electron chi connectivity index (χ4n) is 2.21. The van der Waals surface area contributed by atoms with Gasteiger partial charge in [-0.2, -0.15) is 10.1 Å². The molecule has 0 aliphatic heterocycles. The van der Waals surface area contributed by atoms with Crippen molar-refractivity contribution in [1.82, 2.24) is 15.2 Å². The van der Waals surface area contributed by atoms with E-state index >= 15 is 0 Å². The molecule has 1 heterocycles. The Morgan fingerprint density at radius 3 is 2.16 bits per heavy atom. The first-order chi connectivity index (χ1) is 12.1. The van der Waals surface area contributed by atoms with Gasteiger partial charge in [-0.15, -0.1) is 5.10 Å². The van der Waals surface area contributed by atoms with Gasteiger partial charge in [0.1, 0.15) is 5.75 Å². The highest BCUT2D eigenvalue weighted by atomic mass is 16.5. The zero-order chi connectivity index (χ0) is 17.6. The van der Waals surface area contributed by atoms with Crippen molar-refractivity contribution in [2.24, 2.45) is 0 Å². The van der Waals surface area contributed by atoms with Crippen molar-refractivity contribution in [3.63, 3.8) is 0 Å². The highest BCUT2D eigenvalue weighted by molar-refractivity contribution is 5.61. The molecule has 0 fully saturated rings. The topological polar surface area (TPSA) is 75.2 Å². The van der Waals surface area contributed by atoms with Crippen LogP contribution < -0.4 is 20.3 Å². The average molecular weight is 336 g/mol. The maximum absolute atomic E-state index is 5.14. The van der Waals surface area contributed by atoms with Crippen LogP contribution in [0.4, 0.5) is 28.8 Å². The van der Waals surface area contributed by atoms with Crippen molar-refractivity contribution in [2.45, 2.75) is 0 Å². The third-order valence-electron chi connectivity index (χ3n) is 3.56. The number of benzene rings is 2. The molecule has 7 nitrogen and oxygen atoms in total. The summed E-state index contributed by atoms with van der Waals surface area (Å²) in [6.45, 7) is 0. The maximum atomic E-state index is 5.14. The average Bonchev–Trinajstić information content (AvgIpc) is 2.63. The number of hydrogen-bond donors (Lipinski definition) is 2. The SMILES string of the molecule is COc1ccc(Nc2nncc(Nc3ccc(N(C)C)cc3)n2)cc1. The Morgan fingerprint density at radius 2 is 1.52 bits per heavy atom. The van der Waals surface area contributed by atoms with E-state index in [4.69, 9.17) is 4.74 Å². The highest BCUT2D eigenvalue weighted by Crippen LogP contribution is 2.20. The van der Waals surface area contributed by atoms with Crippen LogP contribution in [-0.4, -0.2) is 36.4 Å². The lowest BCUT2D eigenvalue weighted by atomic mass is 10.2. The second kappa shape index (κ2) is 7.48. The molecule has 0 amide bonds. The Balaban J connectivity index is 1.70. The monoisotopic (exact) mass is 336 g/mol. The van der Waals surface area contributed by atoms with E-state index < -0.39 is 0 Å². The second-order valence-electron chi connectivity index (χ2n) is 5.59. The number of rotatable bonds is 6. The Bertz CT molecular complexity index is 818. The van der Waals surface area contributed by atoms with Crippen LogP contribution >= 0.6 is 0 Å². The van der Waals surface area contributed by atoms with Gasteiger partial charge in [-0.1, -0.05) is 0 Å². The summed E-state index contributed by atoms with van der Waals surface area (Å²) >= 11 is 0. The van der Waals surface area contributed by atoms with Gasteiger partial charge in [0.2, 0.25) is 5.95 Å². The zero-order valence-corrected chi connectivity index (χ0v) is 14.4. The van der Waals surface area contributed by atoms with E-state index in [1.165, 1.54) is 0 Å². The van der Waals surface area contributed by atoms with Crippen LogP contribution in [0.15, 0.2) is 54.7 Å². The Morgan fingerprint density at radius 1 is 0.880 bits per heavy atom. The lowest BCUT2D eigenvalue weighted by Gasteiger charge is -2.13. The number of ether oxygens (including phenoxy) is 1. The first kappa shape index (κ1) is 16.5. The first-order valence-electron chi connectivity index (χ1n) is 7.79. The number of methoxy groups -OCH3 is 1. The van der Waals surface area contributed by atoms with E-state index in [-0.39, 0.29) is 0 Å². The first-order valence-corrected chi connectivity index (χ1v) is 7.79. The van der Waals surface area contributed by atoms with Gasteiger partial charge in [0.25, 0.3) is 0 Å². The summed E-state index contributed by atoms with van der Waals surface area (Å²) in [4.78, 5) is 6.47. The summed E-state index contributed by atoms with van der Waals surface area (Å²) in [6, 6.07) is 15.6. The lowest BCUT2D eigenvalue weighted by molar-refractivity contribution is 0.415. The molecule has 0 bridgehead atoms. The summed E-state index contributed by atoms with van der Waals surface area (Å²) in [5, 5.41) is 14.3. The summed E-state index contributed by atoms with van der Waals surface area (Å²) in [6.07, 6.45) is 1.58. The van der Waals surface area contributed by atoms with E-state index in [0.29, 0.717) is 11.8 Å². The molecule has 0 aliphatic rings. The molecule has 7 heteroatoms. The molecule has 3 rings (SSSR count). The zero-order valence-electron chi connectivity index (χ0n) is 14.4. The van der Waals surface area contributed by atoms with E-state index in [2.05, 4.69) is 25.8 Å². The molecule has 0 aliphatic carbocycles. The van der Waals surface area contributed by atoms with Crippen molar-refractivity contribution in [3.8, 4) is 5.75 Å². The predicted molar refractivity (Wildman–Crippen MR) is 100 cm³/mol. The number of nitrogens with one attached hydrogen (secondary N) is 2. The van der Waals surface area contributed by atoms with Gasteiger partial charge in [-0.25, -0.2) is 0 Å². The van der Waals surface area contributed by atoms with Crippen LogP contribution in [0.3, 0.4) is 0 Å². The Kier molecular flexibility index (Phi) is 4.94. The summed E-state index contributed by atoms with van der Waals surface area (Å²) in [5.74, 6) is 1.82. The van der Waals surface area contributed by atoms with Gasteiger partial charge in [-0.3, -0.25) is 0 Å². The molecular formula is C18H20N6O. The van der Waals surface area contributed by atoms with Crippen molar-refractivity contribution < 1.29 is 4.74 Å². The van der Waals surface area contributed by atoms with Gasteiger partial charge in [-0.05, 0) is 48.5 Å². The molecule has 1 aromatic heterocycles. The van der Waals surface area contributed by atoms with Crippen LogP contribution in [0.5, 0.6) is 5.75 Å². The molecule has 0 saturated heterocycles. The van der Waals surface area contributed by atoms with E-state index in [9.17, 15) is 0 Å². The van der Waals surface area contributed by atoms with Crippen LogP contribution in [0, 0.1) is 0 Å². The van der Waals surface area contributed by atoms with Crippen molar-refractivity contribution >= 4 is 28.8 Å². The van der Waals surface area contributed by atoms with Gasteiger partial charge in [0.15, 0.2) is 5.82 Å². The lowest BCUT2D eigenvalue weighted by Crippen LogP contribution is -2.08. The van der Waals surface area contributed by atoms with Crippen LogP contribution in [0.25, 0.3) is 0 Å². The Labute approximate surface area is 146 Å². The minimum Gasteiger partial charge on any atom is -0.497 e. The van der Waals surface area contributed by atoms with Crippen LogP contribution in [-0.2, 0) is 0 Å².